The summed E-state index contributed by atoms with van der Waals surface area (Å²) >= 11 is 11.8. The summed E-state index contributed by atoms with van der Waals surface area (Å²) in [6, 6.07) is 8.02. The van der Waals surface area contributed by atoms with E-state index in [0.29, 0.717) is 0 Å². The number of carbonyl (C=O) groups excluding carboxylic acids is 1. The fourth-order valence-corrected chi connectivity index (χ4v) is 2.32. The normalized spacial score (nSPS) is 10.5. The van der Waals surface area contributed by atoms with Crippen LogP contribution >= 0.6 is 23.2 Å². The summed E-state index contributed by atoms with van der Waals surface area (Å²) in [5.74, 6) is -2.06. The number of hydrogen-bond donors (Lipinski definition) is 0. The molecule has 0 unspecified atom stereocenters. The van der Waals surface area contributed by atoms with Gasteiger partial charge in [-0.15, -0.1) is 0 Å². The van der Waals surface area contributed by atoms with Crippen LogP contribution in [0.5, 0.6) is 0 Å². The average Bonchev–Trinajstić information content (AvgIpc) is 2.34. The lowest BCUT2D eigenvalue weighted by atomic mass is 10.0. The SMILES string of the molecule is O=C(Cc1c(F)cccc1F)c1c(Cl)cccc1Cl. The van der Waals surface area contributed by atoms with Gasteiger partial charge in [-0.3, -0.25) is 4.79 Å². The van der Waals surface area contributed by atoms with E-state index >= 15 is 0 Å². The van der Waals surface area contributed by atoms with E-state index in [0.717, 1.165) is 12.1 Å². The minimum atomic E-state index is -0.767. The number of carbonyl (C=O) groups is 1. The Kier molecular flexibility index (Phi) is 4.17. The molecule has 0 heterocycles. The Hall–Kier alpha value is -1.45. The molecule has 0 aliphatic rings. The monoisotopic (exact) mass is 300 g/mol. The standard InChI is InChI=1S/C14H8Cl2F2O/c15-9-3-1-4-10(16)14(9)13(19)7-8-11(17)5-2-6-12(8)18/h1-6H,7H2. The lowest BCUT2D eigenvalue weighted by molar-refractivity contribution is 0.0991. The van der Waals surface area contributed by atoms with Gasteiger partial charge in [0.15, 0.2) is 5.78 Å². The van der Waals surface area contributed by atoms with Crippen molar-refractivity contribution in [1.29, 1.82) is 0 Å². The molecule has 0 saturated heterocycles. The molecule has 0 aliphatic heterocycles. The maximum Gasteiger partial charge on any atom is 0.170 e. The Labute approximate surface area is 118 Å². The zero-order valence-corrected chi connectivity index (χ0v) is 11.1. The van der Waals surface area contributed by atoms with Crippen molar-refractivity contribution in [2.45, 2.75) is 6.42 Å². The molecule has 2 rings (SSSR count). The smallest absolute Gasteiger partial charge is 0.170 e. The molecule has 0 aliphatic carbocycles. The second-order valence-corrected chi connectivity index (χ2v) is 4.71. The molecule has 1 nitrogen and oxygen atoms in total. The number of benzene rings is 2. The first-order valence-electron chi connectivity index (χ1n) is 5.41. The summed E-state index contributed by atoms with van der Waals surface area (Å²) < 4.78 is 26.9. The minimum Gasteiger partial charge on any atom is -0.294 e. The summed E-state index contributed by atoms with van der Waals surface area (Å²) in [6.07, 6.45) is -0.429. The van der Waals surface area contributed by atoms with Crippen LogP contribution in [0.25, 0.3) is 0 Å². The molecule has 0 bridgehead atoms. The lowest BCUT2D eigenvalue weighted by Crippen LogP contribution is -2.08. The molecule has 5 heteroatoms. The van der Waals surface area contributed by atoms with Crippen LogP contribution in [0.15, 0.2) is 36.4 Å². The van der Waals surface area contributed by atoms with Crippen molar-refractivity contribution in [3.63, 3.8) is 0 Å². The second-order valence-electron chi connectivity index (χ2n) is 3.90. The van der Waals surface area contributed by atoms with Gasteiger partial charge in [0.1, 0.15) is 11.6 Å². The van der Waals surface area contributed by atoms with Gasteiger partial charge in [-0.25, -0.2) is 8.78 Å². The topological polar surface area (TPSA) is 17.1 Å². The predicted octanol–water partition coefficient (Wildman–Crippen LogP) is 4.70. The van der Waals surface area contributed by atoms with Gasteiger partial charge in [0, 0.05) is 12.0 Å². The molecule has 19 heavy (non-hydrogen) atoms. The molecule has 98 valence electrons. The lowest BCUT2D eigenvalue weighted by Gasteiger charge is -2.07. The van der Waals surface area contributed by atoms with E-state index < -0.39 is 23.8 Å². The van der Waals surface area contributed by atoms with Gasteiger partial charge in [-0.2, -0.15) is 0 Å². The molecule has 0 saturated carbocycles. The number of hydrogen-bond acceptors (Lipinski definition) is 1. The number of ketones is 1. The van der Waals surface area contributed by atoms with Gasteiger partial charge in [-0.1, -0.05) is 35.3 Å². The van der Waals surface area contributed by atoms with Crippen LogP contribution in [0.4, 0.5) is 8.78 Å². The third-order valence-corrected chi connectivity index (χ3v) is 3.27. The van der Waals surface area contributed by atoms with E-state index in [9.17, 15) is 13.6 Å². The molecule has 2 aromatic rings. The molecule has 0 amide bonds. The van der Waals surface area contributed by atoms with Gasteiger partial charge >= 0.3 is 0 Å². The van der Waals surface area contributed by atoms with Crippen molar-refractivity contribution < 1.29 is 13.6 Å². The van der Waals surface area contributed by atoms with E-state index in [1.807, 2.05) is 0 Å². The number of Topliss-reactive ketones (excluding diaryl/α,β-unsaturated/α-hetero) is 1. The summed E-state index contributed by atoms with van der Waals surface area (Å²) in [6.45, 7) is 0. The van der Waals surface area contributed by atoms with Crippen LogP contribution in [0.3, 0.4) is 0 Å². The van der Waals surface area contributed by atoms with Gasteiger partial charge < -0.3 is 0 Å². The molecular weight excluding hydrogens is 293 g/mol. The zero-order chi connectivity index (χ0) is 14.0. The summed E-state index contributed by atoms with van der Waals surface area (Å²) in [4.78, 5) is 12.1. The van der Waals surface area contributed by atoms with Crippen LogP contribution in [-0.4, -0.2) is 5.78 Å². The van der Waals surface area contributed by atoms with Crippen LogP contribution in [0.1, 0.15) is 15.9 Å². The fraction of sp³-hybridized carbons (Fsp3) is 0.0714. The summed E-state index contributed by atoms with van der Waals surface area (Å²) in [5.41, 5.74) is -0.211. The van der Waals surface area contributed by atoms with Crippen LogP contribution in [0.2, 0.25) is 10.0 Å². The first kappa shape index (κ1) is 14.0. The molecule has 0 atom stereocenters. The van der Waals surface area contributed by atoms with Crippen LogP contribution < -0.4 is 0 Å². The van der Waals surface area contributed by atoms with Crippen LogP contribution in [-0.2, 0) is 6.42 Å². The van der Waals surface area contributed by atoms with Gasteiger partial charge in [-0.05, 0) is 24.3 Å². The molecule has 0 aromatic heterocycles. The Morgan fingerprint density at radius 3 is 1.95 bits per heavy atom. The maximum atomic E-state index is 13.5. The molecule has 0 spiro atoms. The highest BCUT2D eigenvalue weighted by atomic mass is 35.5. The van der Waals surface area contributed by atoms with E-state index in [2.05, 4.69) is 0 Å². The van der Waals surface area contributed by atoms with Crippen molar-refractivity contribution in [1.82, 2.24) is 0 Å². The highest BCUT2D eigenvalue weighted by Crippen LogP contribution is 2.26. The minimum absolute atomic E-state index is 0.0773. The van der Waals surface area contributed by atoms with Crippen molar-refractivity contribution in [2.24, 2.45) is 0 Å². The first-order chi connectivity index (χ1) is 9.00. The molecule has 0 N–H and O–H groups in total. The van der Waals surface area contributed by atoms with E-state index in [-0.39, 0.29) is 21.2 Å². The highest BCUT2D eigenvalue weighted by molar-refractivity contribution is 6.39. The Bertz CT molecular complexity index is 601. The van der Waals surface area contributed by atoms with Crippen molar-refractivity contribution >= 4 is 29.0 Å². The van der Waals surface area contributed by atoms with Crippen LogP contribution in [0, 0.1) is 11.6 Å². The average molecular weight is 301 g/mol. The van der Waals surface area contributed by atoms with Crippen molar-refractivity contribution in [3.05, 3.63) is 69.2 Å². The summed E-state index contributed by atoms with van der Waals surface area (Å²) in [7, 11) is 0. The molecule has 2 aromatic carbocycles. The maximum absolute atomic E-state index is 13.5. The highest BCUT2D eigenvalue weighted by Gasteiger charge is 2.18. The first-order valence-corrected chi connectivity index (χ1v) is 6.16. The largest absolute Gasteiger partial charge is 0.294 e. The quantitative estimate of drug-likeness (QED) is 0.751. The number of rotatable bonds is 3. The Balaban J connectivity index is 2.37. The molecule has 0 fully saturated rings. The molecule has 0 radical (unpaired) electrons. The van der Waals surface area contributed by atoms with E-state index in [1.165, 1.54) is 18.2 Å². The van der Waals surface area contributed by atoms with E-state index in [1.54, 1.807) is 6.07 Å². The fourth-order valence-electron chi connectivity index (χ4n) is 1.71. The van der Waals surface area contributed by atoms with Gasteiger partial charge in [0.2, 0.25) is 0 Å². The molecular formula is C14H8Cl2F2O. The van der Waals surface area contributed by atoms with Crippen molar-refractivity contribution in [3.8, 4) is 0 Å². The van der Waals surface area contributed by atoms with Gasteiger partial charge in [0.05, 0.1) is 15.6 Å². The summed E-state index contributed by atoms with van der Waals surface area (Å²) in [5, 5.41) is 0.323. The second kappa shape index (κ2) is 5.68. The Morgan fingerprint density at radius 2 is 1.42 bits per heavy atom. The third-order valence-electron chi connectivity index (χ3n) is 2.64. The number of halogens is 4. The van der Waals surface area contributed by atoms with Gasteiger partial charge in [0.25, 0.3) is 0 Å². The van der Waals surface area contributed by atoms with E-state index in [4.69, 9.17) is 23.2 Å². The van der Waals surface area contributed by atoms with Crippen molar-refractivity contribution in [2.75, 3.05) is 0 Å². The predicted molar refractivity (Wildman–Crippen MR) is 70.9 cm³/mol. The third kappa shape index (κ3) is 2.94. The Morgan fingerprint density at radius 1 is 0.947 bits per heavy atom. The zero-order valence-electron chi connectivity index (χ0n) is 9.59.